The Bertz CT molecular complexity index is 1340. The Kier molecular flexibility index (Phi) is 6.06. The van der Waals surface area contributed by atoms with Gasteiger partial charge in [-0.2, -0.15) is 0 Å². The van der Waals surface area contributed by atoms with Gasteiger partial charge in [-0.15, -0.1) is 0 Å². The maximum Gasteiger partial charge on any atom is 0.266 e. The molecule has 1 aromatic heterocycles. The first-order valence-corrected chi connectivity index (χ1v) is 10.8. The number of carbonyl (C=O) groups is 1. The number of aromatic nitrogens is 2. The highest BCUT2D eigenvalue weighted by Crippen LogP contribution is 2.23. The van der Waals surface area contributed by atoms with Crippen molar-refractivity contribution in [3.63, 3.8) is 0 Å². The Morgan fingerprint density at radius 1 is 1.13 bits per heavy atom. The molecule has 31 heavy (non-hydrogen) atoms. The zero-order valence-corrected chi connectivity index (χ0v) is 18.0. The number of halogens is 2. The van der Waals surface area contributed by atoms with E-state index in [1.54, 1.807) is 36.4 Å². The topological polar surface area (TPSA) is 64.0 Å². The van der Waals surface area contributed by atoms with Gasteiger partial charge < -0.3 is 5.32 Å². The standard InChI is InChI=1S/C23H17ClFN3O2S/c1-14-6-9-16(12-19(14)24)26-21(29)13-31-23-27-20-5-3-2-4-18(20)22(30)28(23)17-10-7-15(25)8-11-17/h2-12H,13H2,1H3,(H,26,29). The fourth-order valence-corrected chi connectivity index (χ4v) is 4.02. The predicted octanol–water partition coefficient (Wildman–Crippen LogP) is 5.22. The quantitative estimate of drug-likeness (QED) is 0.332. The van der Waals surface area contributed by atoms with Crippen LogP contribution in [0.5, 0.6) is 0 Å². The number of carbonyl (C=O) groups excluding carboxylic acids is 1. The van der Waals surface area contributed by atoms with Crippen LogP contribution in [-0.4, -0.2) is 21.2 Å². The average molecular weight is 454 g/mol. The summed E-state index contributed by atoms with van der Waals surface area (Å²) in [7, 11) is 0. The van der Waals surface area contributed by atoms with Gasteiger partial charge in [0.2, 0.25) is 5.91 Å². The van der Waals surface area contributed by atoms with Gasteiger partial charge in [0.25, 0.3) is 5.56 Å². The lowest BCUT2D eigenvalue weighted by Crippen LogP contribution is -2.23. The molecule has 156 valence electrons. The van der Waals surface area contributed by atoms with Gasteiger partial charge in [0.15, 0.2) is 5.16 Å². The molecular formula is C23H17ClFN3O2S. The van der Waals surface area contributed by atoms with Crippen molar-refractivity contribution >= 4 is 45.9 Å². The van der Waals surface area contributed by atoms with Crippen molar-refractivity contribution in [1.82, 2.24) is 9.55 Å². The smallest absolute Gasteiger partial charge is 0.266 e. The number of hydrogen-bond acceptors (Lipinski definition) is 4. The van der Waals surface area contributed by atoms with Crippen LogP contribution in [0.4, 0.5) is 10.1 Å². The van der Waals surface area contributed by atoms with Gasteiger partial charge >= 0.3 is 0 Å². The third kappa shape index (κ3) is 4.62. The number of fused-ring (bicyclic) bond motifs is 1. The number of para-hydroxylation sites is 1. The maximum atomic E-state index is 13.4. The highest BCUT2D eigenvalue weighted by molar-refractivity contribution is 7.99. The Hall–Kier alpha value is -3.16. The van der Waals surface area contributed by atoms with Crippen LogP contribution in [0.25, 0.3) is 16.6 Å². The largest absolute Gasteiger partial charge is 0.325 e. The van der Waals surface area contributed by atoms with Crippen LogP contribution in [0, 0.1) is 12.7 Å². The van der Waals surface area contributed by atoms with Crippen molar-refractivity contribution in [2.24, 2.45) is 0 Å². The highest BCUT2D eigenvalue weighted by Gasteiger charge is 2.15. The number of amides is 1. The molecule has 1 heterocycles. The molecule has 0 aliphatic heterocycles. The molecule has 0 spiro atoms. The molecule has 0 bridgehead atoms. The Morgan fingerprint density at radius 3 is 2.61 bits per heavy atom. The van der Waals surface area contributed by atoms with E-state index in [1.165, 1.54) is 28.8 Å². The first-order chi connectivity index (χ1) is 14.9. The van der Waals surface area contributed by atoms with Gasteiger partial charge in [0.1, 0.15) is 5.82 Å². The average Bonchev–Trinajstić information content (AvgIpc) is 2.76. The van der Waals surface area contributed by atoms with Crippen molar-refractivity contribution in [2.45, 2.75) is 12.1 Å². The summed E-state index contributed by atoms with van der Waals surface area (Å²) in [6, 6.07) is 17.8. The van der Waals surface area contributed by atoms with E-state index < -0.39 is 5.82 Å². The third-order valence-electron chi connectivity index (χ3n) is 4.62. The third-order valence-corrected chi connectivity index (χ3v) is 5.96. The molecule has 5 nitrogen and oxygen atoms in total. The summed E-state index contributed by atoms with van der Waals surface area (Å²) < 4.78 is 14.8. The molecule has 0 saturated carbocycles. The van der Waals surface area contributed by atoms with Crippen molar-refractivity contribution in [3.05, 3.63) is 93.5 Å². The van der Waals surface area contributed by atoms with E-state index in [2.05, 4.69) is 10.3 Å². The molecule has 0 radical (unpaired) electrons. The molecule has 0 unspecified atom stereocenters. The minimum absolute atomic E-state index is 0.0253. The van der Waals surface area contributed by atoms with Gasteiger partial charge in [-0.1, -0.05) is 41.6 Å². The number of thioether (sulfide) groups is 1. The molecule has 3 aromatic carbocycles. The molecular weight excluding hydrogens is 437 g/mol. The molecule has 8 heteroatoms. The molecule has 0 aliphatic carbocycles. The minimum Gasteiger partial charge on any atom is -0.325 e. The van der Waals surface area contributed by atoms with Crippen LogP contribution in [0.15, 0.2) is 76.7 Å². The normalized spacial score (nSPS) is 10.9. The molecule has 4 rings (SSSR count). The molecule has 0 aliphatic rings. The highest BCUT2D eigenvalue weighted by atomic mass is 35.5. The van der Waals surface area contributed by atoms with Crippen LogP contribution in [0.2, 0.25) is 5.02 Å². The van der Waals surface area contributed by atoms with Crippen LogP contribution in [-0.2, 0) is 4.79 Å². The van der Waals surface area contributed by atoms with Crippen molar-refractivity contribution in [3.8, 4) is 5.69 Å². The van der Waals surface area contributed by atoms with E-state index in [4.69, 9.17) is 11.6 Å². The van der Waals surface area contributed by atoms with Crippen LogP contribution < -0.4 is 10.9 Å². The predicted molar refractivity (Wildman–Crippen MR) is 123 cm³/mol. The van der Waals surface area contributed by atoms with Gasteiger partial charge in [0, 0.05) is 10.7 Å². The number of anilines is 1. The molecule has 0 saturated heterocycles. The summed E-state index contributed by atoms with van der Waals surface area (Å²) >= 11 is 7.23. The zero-order valence-electron chi connectivity index (χ0n) is 16.4. The lowest BCUT2D eigenvalue weighted by Gasteiger charge is -2.13. The number of benzene rings is 3. The second-order valence-corrected chi connectivity index (χ2v) is 8.18. The summed E-state index contributed by atoms with van der Waals surface area (Å²) in [5.41, 5.74) is 2.21. The Morgan fingerprint density at radius 2 is 1.87 bits per heavy atom. The molecule has 4 aromatic rings. The van der Waals surface area contributed by atoms with E-state index in [0.717, 1.165) is 17.3 Å². The lowest BCUT2D eigenvalue weighted by atomic mass is 10.2. The maximum absolute atomic E-state index is 13.4. The van der Waals surface area contributed by atoms with Crippen LogP contribution in [0.3, 0.4) is 0 Å². The Labute approximate surface area is 186 Å². The molecule has 1 N–H and O–H groups in total. The summed E-state index contributed by atoms with van der Waals surface area (Å²) in [5.74, 6) is -0.647. The summed E-state index contributed by atoms with van der Waals surface area (Å²) in [5, 5.41) is 4.13. The number of nitrogens with zero attached hydrogens (tertiary/aromatic N) is 2. The summed E-state index contributed by atoms with van der Waals surface area (Å²) in [6.45, 7) is 1.88. The summed E-state index contributed by atoms with van der Waals surface area (Å²) in [4.78, 5) is 30.2. The van der Waals surface area contributed by atoms with E-state index in [0.29, 0.717) is 32.5 Å². The molecule has 0 fully saturated rings. The number of aryl methyl sites for hydroxylation is 1. The van der Waals surface area contributed by atoms with Crippen LogP contribution in [0.1, 0.15) is 5.56 Å². The van der Waals surface area contributed by atoms with Crippen LogP contribution >= 0.6 is 23.4 Å². The van der Waals surface area contributed by atoms with Crippen molar-refractivity contribution in [2.75, 3.05) is 11.1 Å². The SMILES string of the molecule is Cc1ccc(NC(=O)CSc2nc3ccccc3c(=O)n2-c2ccc(F)cc2)cc1Cl. The van der Waals surface area contributed by atoms with Gasteiger partial charge in [-0.05, 0) is 61.0 Å². The van der Waals surface area contributed by atoms with Gasteiger partial charge in [0.05, 0.1) is 22.3 Å². The number of nitrogens with one attached hydrogen (secondary N) is 1. The van der Waals surface area contributed by atoms with E-state index in [9.17, 15) is 14.0 Å². The van der Waals surface area contributed by atoms with E-state index in [1.807, 2.05) is 13.0 Å². The second-order valence-electron chi connectivity index (χ2n) is 6.83. The minimum atomic E-state index is -0.407. The first kappa shape index (κ1) is 21.1. The van der Waals surface area contributed by atoms with Gasteiger partial charge in [-0.3, -0.25) is 14.2 Å². The van der Waals surface area contributed by atoms with E-state index in [-0.39, 0.29) is 17.2 Å². The zero-order chi connectivity index (χ0) is 22.0. The first-order valence-electron chi connectivity index (χ1n) is 9.39. The molecule has 1 amide bonds. The lowest BCUT2D eigenvalue weighted by molar-refractivity contribution is -0.113. The van der Waals surface area contributed by atoms with E-state index >= 15 is 0 Å². The number of hydrogen-bond donors (Lipinski definition) is 1. The second kappa shape index (κ2) is 8.91. The fraction of sp³-hybridized carbons (Fsp3) is 0.0870. The van der Waals surface area contributed by atoms with Gasteiger partial charge in [-0.25, -0.2) is 9.37 Å². The van der Waals surface area contributed by atoms with Crippen molar-refractivity contribution in [1.29, 1.82) is 0 Å². The number of rotatable bonds is 5. The summed E-state index contributed by atoms with van der Waals surface area (Å²) in [6.07, 6.45) is 0. The molecule has 0 atom stereocenters. The van der Waals surface area contributed by atoms with Crippen molar-refractivity contribution < 1.29 is 9.18 Å². The Balaban J connectivity index is 1.65. The monoisotopic (exact) mass is 453 g/mol. The fourth-order valence-electron chi connectivity index (χ4n) is 3.02.